The molecule has 0 atom stereocenters. The topological polar surface area (TPSA) is 64.0 Å². The summed E-state index contributed by atoms with van der Waals surface area (Å²) in [5.74, 6) is -0.0566. The van der Waals surface area contributed by atoms with Crippen molar-refractivity contribution in [3.8, 4) is 0 Å². The van der Waals surface area contributed by atoms with E-state index in [4.69, 9.17) is 0 Å². The summed E-state index contributed by atoms with van der Waals surface area (Å²) >= 11 is 0. The Kier molecular flexibility index (Phi) is 4.70. The molecule has 0 radical (unpaired) electrons. The van der Waals surface area contributed by atoms with Crippen molar-refractivity contribution in [1.29, 1.82) is 0 Å². The van der Waals surface area contributed by atoms with Gasteiger partial charge in [0.1, 0.15) is 0 Å². The van der Waals surface area contributed by atoms with Gasteiger partial charge in [-0.3, -0.25) is 14.2 Å². The van der Waals surface area contributed by atoms with Gasteiger partial charge >= 0.3 is 0 Å². The second-order valence-electron chi connectivity index (χ2n) is 5.73. The maximum atomic E-state index is 12.5. The zero-order valence-corrected chi connectivity index (χ0v) is 13.5. The van der Waals surface area contributed by atoms with Crippen molar-refractivity contribution >= 4 is 22.5 Å². The van der Waals surface area contributed by atoms with Crippen molar-refractivity contribution in [2.24, 2.45) is 0 Å². The van der Waals surface area contributed by atoms with Crippen LogP contribution in [0, 0.1) is 6.92 Å². The van der Waals surface area contributed by atoms with E-state index in [0.29, 0.717) is 24.8 Å². The van der Waals surface area contributed by atoms with Gasteiger partial charge in [0, 0.05) is 18.7 Å². The third-order valence-corrected chi connectivity index (χ3v) is 3.92. The quantitative estimate of drug-likeness (QED) is 0.785. The number of carbonyl (C=O) groups excluding carboxylic acids is 1. The van der Waals surface area contributed by atoms with E-state index in [0.717, 1.165) is 16.8 Å². The summed E-state index contributed by atoms with van der Waals surface area (Å²) < 4.78 is 1.57. The van der Waals surface area contributed by atoms with Gasteiger partial charge in [0.2, 0.25) is 5.91 Å². The molecule has 1 N–H and O–H groups in total. The number of carbonyl (C=O) groups is 1. The van der Waals surface area contributed by atoms with E-state index in [1.165, 1.54) is 0 Å². The number of aromatic nitrogens is 2. The molecule has 24 heavy (non-hydrogen) atoms. The summed E-state index contributed by atoms with van der Waals surface area (Å²) in [6, 6.07) is 14.9. The second kappa shape index (κ2) is 7.08. The lowest BCUT2D eigenvalue weighted by Gasteiger charge is -2.08. The highest BCUT2D eigenvalue weighted by atomic mass is 16.1. The van der Waals surface area contributed by atoms with Gasteiger partial charge in [-0.05, 0) is 37.1 Å². The first kappa shape index (κ1) is 15.9. The fourth-order valence-corrected chi connectivity index (χ4v) is 2.65. The molecule has 1 amide bonds. The zero-order valence-electron chi connectivity index (χ0n) is 13.5. The molecule has 5 nitrogen and oxygen atoms in total. The molecule has 0 aliphatic carbocycles. The maximum Gasteiger partial charge on any atom is 0.261 e. The predicted molar refractivity (Wildman–Crippen MR) is 95.0 cm³/mol. The predicted octanol–water partition coefficient (Wildman–Crippen LogP) is 3.12. The van der Waals surface area contributed by atoms with Crippen LogP contribution in [-0.4, -0.2) is 15.5 Å². The molecule has 1 heterocycles. The first-order valence-corrected chi connectivity index (χ1v) is 7.95. The van der Waals surface area contributed by atoms with Crippen molar-refractivity contribution in [3.63, 3.8) is 0 Å². The van der Waals surface area contributed by atoms with Crippen LogP contribution in [0.15, 0.2) is 59.7 Å². The fourth-order valence-electron chi connectivity index (χ4n) is 2.65. The minimum Gasteiger partial charge on any atom is -0.326 e. The highest BCUT2D eigenvalue weighted by Gasteiger charge is 2.07. The number of fused-ring (bicyclic) bond motifs is 1. The van der Waals surface area contributed by atoms with E-state index in [2.05, 4.69) is 10.3 Å². The lowest BCUT2D eigenvalue weighted by Crippen LogP contribution is -2.22. The van der Waals surface area contributed by atoms with Crippen LogP contribution >= 0.6 is 0 Å². The standard InChI is InChI=1S/C19H19N3O2/c1-14-7-5-10-16-18(14)20-13-22(19(16)24)12-6-11-17(23)21-15-8-3-2-4-9-15/h2-5,7-10,13H,6,11-12H2,1H3,(H,21,23). The van der Waals surface area contributed by atoms with Gasteiger partial charge in [0.15, 0.2) is 0 Å². The Bertz CT molecular complexity index is 917. The maximum absolute atomic E-state index is 12.5. The number of nitrogens with one attached hydrogen (secondary N) is 1. The van der Waals surface area contributed by atoms with E-state index in [1.54, 1.807) is 17.0 Å². The number of benzene rings is 2. The zero-order chi connectivity index (χ0) is 16.9. The Hall–Kier alpha value is -2.95. The van der Waals surface area contributed by atoms with Crippen LogP contribution in [0.1, 0.15) is 18.4 Å². The number of hydrogen-bond donors (Lipinski definition) is 1. The number of amides is 1. The summed E-state index contributed by atoms with van der Waals surface area (Å²) in [5.41, 5.74) is 2.44. The second-order valence-corrected chi connectivity index (χ2v) is 5.73. The molecular weight excluding hydrogens is 302 g/mol. The molecule has 122 valence electrons. The highest BCUT2D eigenvalue weighted by molar-refractivity contribution is 5.90. The number of para-hydroxylation sites is 2. The molecule has 0 saturated heterocycles. The molecule has 5 heteroatoms. The van der Waals surface area contributed by atoms with Crippen molar-refractivity contribution < 1.29 is 4.79 Å². The SMILES string of the molecule is Cc1cccc2c(=O)n(CCCC(=O)Nc3ccccc3)cnc12. The summed E-state index contributed by atoms with van der Waals surface area (Å²) in [5, 5.41) is 3.45. The van der Waals surface area contributed by atoms with Gasteiger partial charge in [-0.2, -0.15) is 0 Å². The van der Waals surface area contributed by atoms with Gasteiger partial charge in [0.25, 0.3) is 5.56 Å². The molecule has 3 rings (SSSR count). The smallest absolute Gasteiger partial charge is 0.261 e. The molecule has 3 aromatic rings. The Morgan fingerprint density at radius 1 is 1.12 bits per heavy atom. The fraction of sp³-hybridized carbons (Fsp3) is 0.211. The summed E-state index contributed by atoms with van der Waals surface area (Å²) in [6.07, 6.45) is 2.50. The minimum atomic E-state index is -0.0628. The van der Waals surface area contributed by atoms with Crippen LogP contribution in [-0.2, 0) is 11.3 Å². The molecule has 0 aliphatic rings. The molecule has 1 aromatic heterocycles. The van der Waals surface area contributed by atoms with Crippen LogP contribution in [0.2, 0.25) is 0 Å². The average molecular weight is 321 g/mol. The largest absolute Gasteiger partial charge is 0.326 e. The molecule has 0 aliphatic heterocycles. The lowest BCUT2D eigenvalue weighted by molar-refractivity contribution is -0.116. The van der Waals surface area contributed by atoms with Crippen LogP contribution in [0.5, 0.6) is 0 Å². The third kappa shape index (κ3) is 3.51. The molecule has 0 saturated carbocycles. The number of aryl methyl sites for hydroxylation is 2. The lowest BCUT2D eigenvalue weighted by atomic mass is 10.1. The van der Waals surface area contributed by atoms with Crippen LogP contribution in [0.25, 0.3) is 10.9 Å². The van der Waals surface area contributed by atoms with Gasteiger partial charge in [0.05, 0.1) is 17.2 Å². The monoisotopic (exact) mass is 321 g/mol. The van der Waals surface area contributed by atoms with Crippen molar-refractivity contribution in [1.82, 2.24) is 9.55 Å². The number of hydrogen-bond acceptors (Lipinski definition) is 3. The minimum absolute atomic E-state index is 0.0566. The van der Waals surface area contributed by atoms with E-state index < -0.39 is 0 Å². The van der Waals surface area contributed by atoms with E-state index >= 15 is 0 Å². The molecule has 0 unspecified atom stereocenters. The molecule has 0 fully saturated rings. The van der Waals surface area contributed by atoms with Crippen molar-refractivity contribution in [2.45, 2.75) is 26.3 Å². The van der Waals surface area contributed by atoms with Gasteiger partial charge in [-0.15, -0.1) is 0 Å². The normalized spacial score (nSPS) is 10.7. The van der Waals surface area contributed by atoms with Gasteiger partial charge < -0.3 is 5.32 Å². The Morgan fingerprint density at radius 3 is 2.71 bits per heavy atom. The Balaban J connectivity index is 1.63. The first-order chi connectivity index (χ1) is 11.6. The van der Waals surface area contributed by atoms with E-state index in [-0.39, 0.29) is 11.5 Å². The molecular formula is C19H19N3O2. The third-order valence-electron chi connectivity index (χ3n) is 3.92. The first-order valence-electron chi connectivity index (χ1n) is 7.95. The van der Waals surface area contributed by atoms with Gasteiger partial charge in [-0.25, -0.2) is 4.98 Å². The van der Waals surface area contributed by atoms with Crippen LogP contribution in [0.4, 0.5) is 5.69 Å². The average Bonchev–Trinajstić information content (AvgIpc) is 2.58. The molecule has 2 aromatic carbocycles. The highest BCUT2D eigenvalue weighted by Crippen LogP contribution is 2.11. The summed E-state index contributed by atoms with van der Waals surface area (Å²) in [7, 11) is 0. The Labute approximate surface area is 140 Å². The van der Waals surface area contributed by atoms with Gasteiger partial charge in [-0.1, -0.05) is 30.3 Å². The summed E-state index contributed by atoms with van der Waals surface area (Å²) in [6.45, 7) is 2.41. The number of rotatable bonds is 5. The van der Waals surface area contributed by atoms with Crippen LogP contribution < -0.4 is 10.9 Å². The van der Waals surface area contributed by atoms with Crippen LogP contribution in [0.3, 0.4) is 0 Å². The number of nitrogens with zero attached hydrogens (tertiary/aromatic N) is 2. The van der Waals surface area contributed by atoms with E-state index in [1.807, 2.05) is 49.4 Å². The van der Waals surface area contributed by atoms with Crippen molar-refractivity contribution in [3.05, 3.63) is 70.8 Å². The summed E-state index contributed by atoms with van der Waals surface area (Å²) in [4.78, 5) is 28.8. The van der Waals surface area contributed by atoms with Crippen molar-refractivity contribution in [2.75, 3.05) is 5.32 Å². The molecule has 0 bridgehead atoms. The number of anilines is 1. The van der Waals surface area contributed by atoms with E-state index in [9.17, 15) is 9.59 Å². The molecule has 0 spiro atoms. The Morgan fingerprint density at radius 2 is 1.92 bits per heavy atom.